The van der Waals surface area contributed by atoms with Gasteiger partial charge in [-0.05, 0) is 130 Å². The van der Waals surface area contributed by atoms with Gasteiger partial charge < -0.3 is 4.57 Å². The van der Waals surface area contributed by atoms with Crippen molar-refractivity contribution in [1.82, 2.24) is 4.57 Å². The first-order valence-electron chi connectivity index (χ1n) is 8.18. The van der Waals surface area contributed by atoms with Crippen LogP contribution in [0.4, 0.5) is 0 Å². The molecule has 0 radical (unpaired) electrons. The fourth-order valence-corrected chi connectivity index (χ4v) is 7.77. The summed E-state index contributed by atoms with van der Waals surface area (Å²) in [6.45, 7) is 0.966. The molecular formula is C18H13Br8N. The highest BCUT2D eigenvalue weighted by Gasteiger charge is 2.24. The first-order chi connectivity index (χ1) is 12.8. The number of benzene rings is 2. The highest BCUT2D eigenvalue weighted by atomic mass is 79.9. The molecule has 27 heavy (non-hydrogen) atoms. The zero-order valence-electron chi connectivity index (χ0n) is 13.8. The highest BCUT2D eigenvalue weighted by molar-refractivity contribution is 9.15. The van der Waals surface area contributed by atoms with Crippen molar-refractivity contribution in [3.05, 3.63) is 37.4 Å². The molecule has 0 fully saturated rings. The maximum atomic E-state index is 3.83. The van der Waals surface area contributed by atoms with Gasteiger partial charge in [0.05, 0.1) is 20.0 Å². The smallest absolute Gasteiger partial charge is 0.0659 e. The number of hydrogen-bond acceptors (Lipinski definition) is 0. The lowest BCUT2D eigenvalue weighted by Crippen LogP contribution is -2.00. The molecule has 0 aliphatic carbocycles. The van der Waals surface area contributed by atoms with Crippen LogP contribution in [-0.2, 0) is 6.54 Å². The second-order valence-corrected chi connectivity index (χ2v) is 12.5. The van der Waals surface area contributed by atoms with E-state index in [1.165, 1.54) is 41.1 Å². The zero-order chi connectivity index (χ0) is 19.9. The quantitative estimate of drug-likeness (QED) is 0.101. The third kappa shape index (κ3) is 4.51. The van der Waals surface area contributed by atoms with Crippen molar-refractivity contribution in [3.8, 4) is 0 Å². The Kier molecular flexibility index (Phi) is 8.91. The van der Waals surface area contributed by atoms with Crippen LogP contribution in [0.1, 0.15) is 25.7 Å². The van der Waals surface area contributed by atoms with Gasteiger partial charge in [0.2, 0.25) is 0 Å². The molecule has 0 spiro atoms. The minimum atomic E-state index is 0.966. The Hall–Kier alpha value is 2.08. The molecule has 3 rings (SSSR count). The molecular weight excluding hydrogens is 869 g/mol. The van der Waals surface area contributed by atoms with Crippen LogP contribution in [0.5, 0.6) is 0 Å². The minimum Gasteiger partial charge on any atom is -0.339 e. The second kappa shape index (κ2) is 10.1. The number of unbranched alkanes of at least 4 members (excludes halogenated alkanes) is 3. The van der Waals surface area contributed by atoms with Gasteiger partial charge in [-0.2, -0.15) is 0 Å². The van der Waals surface area contributed by atoms with Gasteiger partial charge in [-0.15, -0.1) is 0 Å². The van der Waals surface area contributed by atoms with Gasteiger partial charge in [-0.3, -0.25) is 0 Å². The summed E-state index contributed by atoms with van der Waals surface area (Å²) in [6.07, 6.45) is 4.84. The molecule has 0 N–H and O–H groups in total. The summed E-state index contributed by atoms with van der Waals surface area (Å²) in [5.41, 5.74) is 2.39. The van der Waals surface area contributed by atoms with Crippen LogP contribution in [0.15, 0.2) is 37.4 Å². The third-order valence-corrected chi connectivity index (χ3v) is 13.0. The minimum absolute atomic E-state index is 0.966. The van der Waals surface area contributed by atoms with E-state index < -0.39 is 0 Å². The molecule has 2 aromatic carbocycles. The van der Waals surface area contributed by atoms with Crippen molar-refractivity contribution in [2.75, 3.05) is 5.33 Å². The summed E-state index contributed by atoms with van der Waals surface area (Å²) in [4.78, 5) is 0. The second-order valence-electron chi connectivity index (χ2n) is 6.12. The first kappa shape index (κ1) is 23.7. The van der Waals surface area contributed by atoms with Crippen LogP contribution in [0.2, 0.25) is 0 Å². The summed E-state index contributed by atoms with van der Waals surface area (Å²) in [5.74, 6) is 0. The molecule has 0 saturated heterocycles. The number of nitrogens with zero attached hydrogens (tertiary/aromatic N) is 1. The fraction of sp³-hybridized carbons (Fsp3) is 0.333. The summed E-state index contributed by atoms with van der Waals surface area (Å²) < 4.78 is 9.68. The Morgan fingerprint density at radius 2 is 1.22 bits per heavy atom. The van der Waals surface area contributed by atoms with E-state index in [2.05, 4.69) is 138 Å². The van der Waals surface area contributed by atoms with E-state index in [0.29, 0.717) is 0 Å². The SMILES string of the molecule is BrCCCCCCn1c2c(Br)c(Br)c(Br)cc2c2c(Br)c(Br)c(Br)c(Br)c21. The number of hydrogen-bond donors (Lipinski definition) is 0. The third-order valence-electron chi connectivity index (χ3n) is 4.45. The lowest BCUT2D eigenvalue weighted by atomic mass is 10.1. The Morgan fingerprint density at radius 1 is 0.630 bits per heavy atom. The number of halogens is 8. The van der Waals surface area contributed by atoms with Crippen LogP contribution in [0.25, 0.3) is 21.8 Å². The van der Waals surface area contributed by atoms with Gasteiger partial charge in [0.15, 0.2) is 0 Å². The molecule has 0 amide bonds. The maximum absolute atomic E-state index is 3.83. The maximum Gasteiger partial charge on any atom is 0.0659 e. The summed E-state index contributed by atoms with van der Waals surface area (Å²) >= 11 is 29.8. The van der Waals surface area contributed by atoms with Crippen molar-refractivity contribution in [2.24, 2.45) is 0 Å². The summed E-state index contributed by atoms with van der Waals surface area (Å²) in [6, 6.07) is 2.19. The predicted molar refractivity (Wildman–Crippen MR) is 146 cm³/mol. The number of aromatic nitrogens is 1. The van der Waals surface area contributed by atoms with E-state index in [1.54, 1.807) is 0 Å². The van der Waals surface area contributed by atoms with Crippen LogP contribution in [0, 0.1) is 0 Å². The largest absolute Gasteiger partial charge is 0.339 e. The van der Waals surface area contributed by atoms with Crippen molar-refractivity contribution in [2.45, 2.75) is 32.2 Å². The van der Waals surface area contributed by atoms with Gasteiger partial charge in [-0.1, -0.05) is 28.8 Å². The Balaban J connectivity index is 2.31. The van der Waals surface area contributed by atoms with Crippen molar-refractivity contribution in [3.63, 3.8) is 0 Å². The molecule has 0 saturated carbocycles. The molecule has 0 unspecified atom stereocenters. The van der Waals surface area contributed by atoms with E-state index in [-0.39, 0.29) is 0 Å². The van der Waals surface area contributed by atoms with Crippen molar-refractivity contribution < 1.29 is 0 Å². The van der Waals surface area contributed by atoms with Crippen molar-refractivity contribution >= 4 is 149 Å². The van der Waals surface area contributed by atoms with E-state index in [9.17, 15) is 0 Å². The molecule has 1 aromatic heterocycles. The van der Waals surface area contributed by atoms with Crippen LogP contribution < -0.4 is 0 Å². The Labute approximate surface area is 225 Å². The Morgan fingerprint density at radius 3 is 1.89 bits per heavy atom. The van der Waals surface area contributed by atoms with E-state index in [4.69, 9.17) is 0 Å². The van der Waals surface area contributed by atoms with E-state index in [0.717, 1.165) is 49.6 Å². The standard InChI is InChI=1S/C18H13Br8N/c19-5-3-1-2-4-6-27-17-8(7-9(20)11(21)15(17)25)10-12(22)13(23)14(24)16(26)18(10)27/h7H,1-6H2. The number of aryl methyl sites for hydroxylation is 1. The fourth-order valence-electron chi connectivity index (χ4n) is 3.21. The Bertz CT molecular complexity index is 1020. The summed E-state index contributed by atoms with van der Waals surface area (Å²) in [7, 11) is 0. The molecule has 0 bridgehead atoms. The average Bonchev–Trinajstić information content (AvgIpc) is 2.96. The normalized spacial score (nSPS) is 11.9. The van der Waals surface area contributed by atoms with Gasteiger partial charge in [0.1, 0.15) is 0 Å². The van der Waals surface area contributed by atoms with Gasteiger partial charge in [-0.25, -0.2) is 0 Å². The lowest BCUT2D eigenvalue weighted by Gasteiger charge is -2.12. The number of fused-ring (bicyclic) bond motifs is 3. The molecule has 1 heterocycles. The molecule has 0 atom stereocenters. The number of alkyl halides is 1. The predicted octanol–water partition coefficient (Wildman–Crippen LogP) is 11.1. The first-order valence-corrected chi connectivity index (χ1v) is 14.9. The van der Waals surface area contributed by atoms with Gasteiger partial charge in [0.25, 0.3) is 0 Å². The number of rotatable bonds is 6. The monoisotopic (exact) mass is 874 g/mol. The average molecular weight is 883 g/mol. The molecule has 1 nitrogen and oxygen atoms in total. The van der Waals surface area contributed by atoms with E-state index in [1.807, 2.05) is 0 Å². The van der Waals surface area contributed by atoms with Gasteiger partial charge in [0, 0.05) is 45.0 Å². The van der Waals surface area contributed by atoms with Crippen LogP contribution >= 0.6 is 127 Å². The van der Waals surface area contributed by atoms with Crippen LogP contribution in [-0.4, -0.2) is 9.90 Å². The zero-order valence-corrected chi connectivity index (χ0v) is 26.5. The summed E-state index contributed by atoms with van der Waals surface area (Å²) in [5, 5.41) is 3.48. The highest BCUT2D eigenvalue weighted by Crippen LogP contribution is 2.50. The van der Waals surface area contributed by atoms with Gasteiger partial charge >= 0.3 is 0 Å². The molecule has 9 heteroatoms. The molecule has 0 aliphatic heterocycles. The molecule has 0 aliphatic rings. The van der Waals surface area contributed by atoms with E-state index >= 15 is 0 Å². The van der Waals surface area contributed by atoms with Crippen molar-refractivity contribution in [1.29, 1.82) is 0 Å². The van der Waals surface area contributed by atoms with Crippen LogP contribution in [0.3, 0.4) is 0 Å². The topological polar surface area (TPSA) is 4.93 Å². The molecule has 146 valence electrons. The lowest BCUT2D eigenvalue weighted by molar-refractivity contribution is 0.604. The molecule has 3 aromatic rings.